The van der Waals surface area contributed by atoms with Gasteiger partial charge in [-0.05, 0) is 25.5 Å². The van der Waals surface area contributed by atoms with Crippen molar-refractivity contribution in [3.63, 3.8) is 0 Å². The second-order valence-electron chi connectivity index (χ2n) is 5.27. The lowest BCUT2D eigenvalue weighted by molar-refractivity contribution is -0.384. The smallest absolute Gasteiger partial charge is 0.371 e. The molecule has 0 radical (unpaired) electrons. The van der Waals surface area contributed by atoms with Crippen LogP contribution in [-0.2, 0) is 16.3 Å². The molecule has 1 aromatic heterocycles. The predicted molar refractivity (Wildman–Crippen MR) is 89.9 cm³/mol. The van der Waals surface area contributed by atoms with Gasteiger partial charge in [-0.2, -0.15) is 13.2 Å². The Hall–Kier alpha value is -2.21. The normalized spacial score (nSPS) is 13.4. The van der Waals surface area contributed by atoms with Gasteiger partial charge in [-0.15, -0.1) is 11.3 Å². The first-order valence-electron chi connectivity index (χ1n) is 7.28. The predicted octanol–water partition coefficient (Wildman–Crippen LogP) is 4.08. The molecule has 0 fully saturated rings. The molecule has 0 amide bonds. The summed E-state index contributed by atoms with van der Waals surface area (Å²) in [5.41, 5.74) is -6.41. The van der Waals surface area contributed by atoms with Crippen LogP contribution < -0.4 is 5.32 Å². The van der Waals surface area contributed by atoms with Crippen molar-refractivity contribution in [1.82, 2.24) is 4.98 Å². The number of halogens is 3. The largest absolute Gasteiger partial charge is 0.501 e. The summed E-state index contributed by atoms with van der Waals surface area (Å²) in [5.74, 6) is 0. The lowest BCUT2D eigenvalue weighted by Crippen LogP contribution is -2.23. The number of anilines is 1. The molecule has 0 aliphatic rings. The summed E-state index contributed by atoms with van der Waals surface area (Å²) in [4.78, 5) is 14.3. The van der Waals surface area contributed by atoms with Gasteiger partial charge in [0.15, 0.2) is 0 Å². The van der Waals surface area contributed by atoms with Crippen LogP contribution in [0.2, 0.25) is 0 Å². The van der Waals surface area contributed by atoms with E-state index in [2.05, 4.69) is 10.3 Å². The second-order valence-corrected chi connectivity index (χ2v) is 8.36. The Balaban J connectivity index is 2.39. The van der Waals surface area contributed by atoms with Crippen LogP contribution in [0.3, 0.4) is 0 Å². The van der Waals surface area contributed by atoms with Crippen LogP contribution in [0.4, 0.5) is 24.5 Å². The Labute approximate surface area is 150 Å². The number of nitrogens with zero attached hydrogens (tertiary/aromatic N) is 2. The van der Waals surface area contributed by atoms with E-state index in [9.17, 15) is 31.7 Å². The Bertz CT molecular complexity index is 926. The zero-order valence-corrected chi connectivity index (χ0v) is 15.2. The molecule has 1 unspecified atom stereocenters. The molecule has 1 aromatic carbocycles. The Morgan fingerprint density at radius 2 is 2.04 bits per heavy atom. The molecule has 7 nitrogen and oxygen atoms in total. The maximum atomic E-state index is 12.6. The summed E-state index contributed by atoms with van der Waals surface area (Å²) < 4.78 is 60.8. The van der Waals surface area contributed by atoms with E-state index in [-0.39, 0.29) is 5.69 Å². The van der Waals surface area contributed by atoms with E-state index in [0.717, 1.165) is 17.4 Å². The minimum atomic E-state index is -5.67. The van der Waals surface area contributed by atoms with Crippen molar-refractivity contribution in [1.29, 1.82) is 0 Å². The zero-order chi connectivity index (χ0) is 19.7. The number of nitro benzene ring substituents is 1. The van der Waals surface area contributed by atoms with E-state index in [1.54, 1.807) is 13.1 Å². The molecule has 1 N–H and O–H groups in total. The van der Waals surface area contributed by atoms with Crippen molar-refractivity contribution in [2.24, 2.45) is 0 Å². The third-order valence-electron chi connectivity index (χ3n) is 3.44. The van der Waals surface area contributed by atoms with Crippen molar-refractivity contribution in [3.8, 4) is 0 Å². The highest BCUT2D eigenvalue weighted by atomic mass is 32.2. The summed E-state index contributed by atoms with van der Waals surface area (Å²) in [6, 6.07) is 1.58. The number of thiazole rings is 1. The van der Waals surface area contributed by atoms with Gasteiger partial charge in [0.25, 0.3) is 15.5 Å². The molecular weight excluding hydrogens is 395 g/mol. The monoisotopic (exact) mass is 409 g/mol. The molecule has 2 aromatic rings. The van der Waals surface area contributed by atoms with Crippen molar-refractivity contribution in [3.05, 3.63) is 44.4 Å². The summed E-state index contributed by atoms with van der Waals surface area (Å²) in [7, 11) is -5.67. The third kappa shape index (κ3) is 3.96. The van der Waals surface area contributed by atoms with Gasteiger partial charge in [-0.25, -0.2) is 13.4 Å². The summed E-state index contributed by atoms with van der Waals surface area (Å²) >= 11 is 1.40. The van der Waals surface area contributed by atoms with Gasteiger partial charge in [0.2, 0.25) is 0 Å². The van der Waals surface area contributed by atoms with Crippen molar-refractivity contribution in [2.75, 3.05) is 5.32 Å². The highest BCUT2D eigenvalue weighted by Gasteiger charge is 2.47. The van der Waals surface area contributed by atoms with E-state index < -0.39 is 36.9 Å². The number of nitro groups is 1. The van der Waals surface area contributed by atoms with Crippen LogP contribution >= 0.6 is 11.3 Å². The molecule has 0 saturated carbocycles. The number of nitrogens with one attached hydrogen (secondary N) is 1. The first-order chi connectivity index (χ1) is 12.0. The zero-order valence-electron chi connectivity index (χ0n) is 13.6. The number of aryl methyl sites for hydroxylation is 1. The fourth-order valence-electron chi connectivity index (χ4n) is 2.07. The maximum Gasteiger partial charge on any atom is 0.501 e. The molecule has 1 heterocycles. The number of hydrogen-bond acceptors (Lipinski definition) is 7. The maximum absolute atomic E-state index is 12.6. The fraction of sp³-hybridized carbons (Fsp3) is 0.357. The van der Waals surface area contributed by atoms with Gasteiger partial charge in [0.1, 0.15) is 10.7 Å². The third-order valence-corrected chi connectivity index (χ3v) is 6.25. The SMILES string of the molecule is CCc1cnc(C(C)Nc2ccc(S(=O)(=O)C(F)(F)F)cc2[N+](=O)[O-])s1. The topological polar surface area (TPSA) is 102 Å². The summed E-state index contributed by atoms with van der Waals surface area (Å²) in [6.07, 6.45) is 2.44. The van der Waals surface area contributed by atoms with Crippen LogP contribution in [0.1, 0.15) is 29.8 Å². The number of sulfone groups is 1. The average Bonchev–Trinajstić information content (AvgIpc) is 3.03. The molecule has 0 bridgehead atoms. The standard InChI is InChI=1S/C14H14F3N3O4S2/c1-3-9-7-18-13(25-9)8(2)19-11-5-4-10(6-12(11)20(21)22)26(23,24)14(15,16)17/h4-8,19H,3H2,1-2H3. The van der Waals surface area contributed by atoms with Gasteiger partial charge >= 0.3 is 5.51 Å². The first kappa shape index (κ1) is 20.1. The van der Waals surface area contributed by atoms with Crippen LogP contribution in [-0.4, -0.2) is 23.8 Å². The highest BCUT2D eigenvalue weighted by molar-refractivity contribution is 7.92. The van der Waals surface area contributed by atoms with E-state index in [1.807, 2.05) is 6.92 Å². The lowest BCUT2D eigenvalue weighted by atomic mass is 10.2. The van der Waals surface area contributed by atoms with Gasteiger partial charge in [-0.1, -0.05) is 6.92 Å². The van der Waals surface area contributed by atoms with Crippen molar-refractivity contribution >= 4 is 32.5 Å². The molecule has 26 heavy (non-hydrogen) atoms. The Morgan fingerprint density at radius 1 is 1.38 bits per heavy atom. The Kier molecular flexibility index (Phi) is 5.56. The van der Waals surface area contributed by atoms with Gasteiger partial charge < -0.3 is 5.32 Å². The van der Waals surface area contributed by atoms with E-state index in [4.69, 9.17) is 0 Å². The summed E-state index contributed by atoms with van der Waals surface area (Å²) in [5, 5.41) is 14.6. The van der Waals surface area contributed by atoms with E-state index in [1.165, 1.54) is 11.3 Å². The molecule has 12 heteroatoms. The highest BCUT2D eigenvalue weighted by Crippen LogP contribution is 2.36. The quantitative estimate of drug-likeness (QED) is 0.570. The minimum Gasteiger partial charge on any atom is -0.371 e. The molecule has 1 atom stereocenters. The van der Waals surface area contributed by atoms with Crippen LogP contribution in [0, 0.1) is 10.1 Å². The molecule has 142 valence electrons. The summed E-state index contributed by atoms with van der Waals surface area (Å²) in [6.45, 7) is 3.63. The van der Waals surface area contributed by atoms with E-state index >= 15 is 0 Å². The van der Waals surface area contributed by atoms with Crippen LogP contribution in [0.25, 0.3) is 0 Å². The molecule has 2 rings (SSSR count). The molecular formula is C14H14F3N3O4S2. The van der Waals surface area contributed by atoms with Crippen molar-refractivity contribution < 1.29 is 26.5 Å². The van der Waals surface area contributed by atoms with E-state index in [0.29, 0.717) is 17.1 Å². The molecule has 0 aliphatic heterocycles. The number of hydrogen-bond donors (Lipinski definition) is 1. The average molecular weight is 409 g/mol. The number of aromatic nitrogens is 1. The number of alkyl halides is 3. The fourth-order valence-corrected chi connectivity index (χ4v) is 3.71. The number of benzene rings is 1. The molecule has 0 saturated heterocycles. The van der Waals surface area contributed by atoms with Crippen LogP contribution in [0.15, 0.2) is 29.3 Å². The second kappa shape index (κ2) is 7.19. The minimum absolute atomic E-state index is 0.100. The van der Waals surface area contributed by atoms with Crippen LogP contribution in [0.5, 0.6) is 0 Å². The Morgan fingerprint density at radius 3 is 2.54 bits per heavy atom. The molecule has 0 spiro atoms. The lowest BCUT2D eigenvalue weighted by Gasteiger charge is -2.14. The van der Waals surface area contributed by atoms with Gasteiger partial charge in [0.05, 0.1) is 15.9 Å². The van der Waals surface area contributed by atoms with Crippen molar-refractivity contribution in [2.45, 2.75) is 36.7 Å². The number of rotatable bonds is 6. The molecule has 0 aliphatic carbocycles. The van der Waals surface area contributed by atoms with Gasteiger partial charge in [0, 0.05) is 17.1 Å². The van der Waals surface area contributed by atoms with Gasteiger partial charge in [-0.3, -0.25) is 10.1 Å². The first-order valence-corrected chi connectivity index (χ1v) is 9.58.